The molecular formula is C42H27NO8. The maximum absolute atomic E-state index is 11.5. The van der Waals surface area contributed by atoms with Crippen molar-refractivity contribution in [3.05, 3.63) is 109 Å². The number of hydrogen-bond acceptors (Lipinski definition) is 8. The molecule has 0 aliphatic rings. The Hall–Kier alpha value is -7.26. The second-order valence-corrected chi connectivity index (χ2v) is 12.6. The average Bonchev–Trinajstić information content (AvgIpc) is 3.55. The van der Waals surface area contributed by atoms with Crippen LogP contribution in [0.15, 0.2) is 109 Å². The van der Waals surface area contributed by atoms with Crippen molar-refractivity contribution in [2.45, 2.75) is 0 Å². The van der Waals surface area contributed by atoms with Crippen LogP contribution in [0.1, 0.15) is 0 Å². The van der Waals surface area contributed by atoms with Gasteiger partial charge in [-0.05, 0) is 51.2 Å². The molecule has 9 rings (SSSR count). The number of fused-ring (bicyclic) bond motifs is 6. The SMILES string of the molecule is Oc1c(O)c(O)c2c(-c3ccc4ccccc4c3)c3c(O)c(O)c(O)c(O)c3c(-c3ccc(-c4cccc5[nH]c6ccccc6c45)cc3)c2c1O. The number of aromatic nitrogens is 1. The molecular weight excluding hydrogens is 646 g/mol. The molecule has 0 saturated carbocycles. The number of H-pyrrole nitrogens is 1. The molecule has 0 aliphatic heterocycles. The first-order valence-electron chi connectivity index (χ1n) is 16.0. The molecule has 1 heterocycles. The normalized spacial score (nSPS) is 11.8. The molecule has 9 aromatic rings. The van der Waals surface area contributed by atoms with Gasteiger partial charge in [-0.25, -0.2) is 0 Å². The molecule has 51 heavy (non-hydrogen) atoms. The summed E-state index contributed by atoms with van der Waals surface area (Å²) in [5, 5.41) is 92.4. The fourth-order valence-corrected chi connectivity index (χ4v) is 7.50. The number of nitrogens with one attached hydrogen (secondary N) is 1. The second kappa shape index (κ2) is 10.6. The highest BCUT2D eigenvalue weighted by Gasteiger charge is 2.32. The van der Waals surface area contributed by atoms with Crippen LogP contribution in [0.25, 0.3) is 87.5 Å². The Morgan fingerprint density at radius 1 is 0.333 bits per heavy atom. The van der Waals surface area contributed by atoms with Gasteiger partial charge in [0.1, 0.15) is 0 Å². The summed E-state index contributed by atoms with van der Waals surface area (Å²) < 4.78 is 0. The average molecular weight is 674 g/mol. The number of para-hydroxylation sites is 1. The van der Waals surface area contributed by atoms with E-state index in [0.717, 1.165) is 43.7 Å². The minimum absolute atomic E-state index is 0.00309. The minimum Gasteiger partial charge on any atom is -0.504 e. The Balaban J connectivity index is 1.41. The van der Waals surface area contributed by atoms with Crippen LogP contribution in [0.4, 0.5) is 0 Å². The number of phenols is 8. The molecule has 248 valence electrons. The summed E-state index contributed by atoms with van der Waals surface area (Å²) in [6.45, 7) is 0. The number of hydrogen-bond donors (Lipinski definition) is 9. The van der Waals surface area contributed by atoms with Crippen molar-refractivity contribution in [2.75, 3.05) is 0 Å². The molecule has 0 saturated heterocycles. The maximum atomic E-state index is 11.5. The van der Waals surface area contributed by atoms with Gasteiger partial charge in [0, 0.05) is 54.5 Å². The third-order valence-electron chi connectivity index (χ3n) is 9.85. The lowest BCUT2D eigenvalue weighted by Gasteiger charge is -2.22. The van der Waals surface area contributed by atoms with Crippen LogP contribution in [0.3, 0.4) is 0 Å². The molecule has 0 aliphatic carbocycles. The lowest BCUT2D eigenvalue weighted by Crippen LogP contribution is -1.95. The standard InChI is InChI=1S/C42H27NO8/c44-35-31-28(21-15-13-20(14-16-21)24-9-5-11-27-30(24)25-8-3-4-10-26(25)43-27)32-34(38(47)42(51)40(49)36(32)45)29(33(31)37(46)41(50)39(35)48)23-17-12-19-6-1-2-7-22(19)18-23/h1-18,43-51H. The van der Waals surface area contributed by atoms with E-state index in [1.165, 1.54) is 0 Å². The van der Waals surface area contributed by atoms with E-state index in [1.807, 2.05) is 78.9 Å². The number of rotatable bonds is 3. The van der Waals surface area contributed by atoms with Gasteiger partial charge in [0.15, 0.2) is 23.0 Å². The van der Waals surface area contributed by atoms with Crippen LogP contribution in [-0.4, -0.2) is 45.8 Å². The summed E-state index contributed by atoms with van der Waals surface area (Å²) >= 11 is 0. The topological polar surface area (TPSA) is 178 Å². The van der Waals surface area contributed by atoms with Crippen LogP contribution in [0.5, 0.6) is 46.0 Å². The van der Waals surface area contributed by atoms with Crippen molar-refractivity contribution < 1.29 is 40.9 Å². The Kier molecular flexibility index (Phi) is 6.21. The number of aromatic hydroxyl groups is 8. The molecule has 8 aromatic carbocycles. The summed E-state index contributed by atoms with van der Waals surface area (Å²) in [5.41, 5.74) is 4.39. The van der Waals surface area contributed by atoms with E-state index in [-0.39, 0.29) is 32.7 Å². The Morgan fingerprint density at radius 2 is 0.804 bits per heavy atom. The van der Waals surface area contributed by atoms with Crippen LogP contribution < -0.4 is 0 Å². The van der Waals surface area contributed by atoms with Gasteiger partial charge in [-0.15, -0.1) is 0 Å². The highest BCUT2D eigenvalue weighted by molar-refractivity contribution is 6.29. The minimum atomic E-state index is -1.01. The predicted molar refractivity (Wildman–Crippen MR) is 198 cm³/mol. The molecule has 0 amide bonds. The number of aromatic amines is 1. The molecule has 0 atom stereocenters. The smallest absolute Gasteiger partial charge is 0.204 e. The van der Waals surface area contributed by atoms with E-state index in [2.05, 4.69) is 4.98 Å². The zero-order valence-electron chi connectivity index (χ0n) is 26.5. The zero-order valence-corrected chi connectivity index (χ0v) is 26.5. The molecule has 9 heteroatoms. The van der Waals surface area contributed by atoms with Gasteiger partial charge in [-0.1, -0.05) is 91.0 Å². The van der Waals surface area contributed by atoms with E-state index in [0.29, 0.717) is 11.1 Å². The molecule has 0 fully saturated rings. The Bertz CT molecular complexity index is 2860. The summed E-state index contributed by atoms with van der Waals surface area (Å²) in [7, 11) is 0. The number of benzene rings is 8. The summed E-state index contributed by atoms with van der Waals surface area (Å²) in [6.07, 6.45) is 0. The van der Waals surface area contributed by atoms with Crippen LogP contribution in [0, 0.1) is 0 Å². The predicted octanol–water partition coefficient (Wildman–Crippen LogP) is 9.43. The van der Waals surface area contributed by atoms with E-state index in [1.54, 1.807) is 30.3 Å². The lowest BCUT2D eigenvalue weighted by molar-refractivity contribution is 0.350. The highest BCUT2D eigenvalue weighted by Crippen LogP contribution is 2.62. The first-order chi connectivity index (χ1) is 24.7. The van der Waals surface area contributed by atoms with Crippen molar-refractivity contribution >= 4 is 54.1 Å². The quantitative estimate of drug-likeness (QED) is 0.0506. The molecule has 0 bridgehead atoms. The lowest BCUT2D eigenvalue weighted by atomic mass is 9.83. The highest BCUT2D eigenvalue weighted by atomic mass is 16.4. The van der Waals surface area contributed by atoms with Crippen molar-refractivity contribution in [1.29, 1.82) is 0 Å². The Morgan fingerprint density at radius 3 is 1.41 bits per heavy atom. The number of phenolic OH excluding ortho intramolecular Hbond substituents is 8. The van der Waals surface area contributed by atoms with E-state index in [9.17, 15) is 40.9 Å². The van der Waals surface area contributed by atoms with Gasteiger partial charge in [0.05, 0.1) is 0 Å². The first kappa shape index (κ1) is 29.8. The van der Waals surface area contributed by atoms with Gasteiger partial charge in [-0.3, -0.25) is 0 Å². The van der Waals surface area contributed by atoms with Gasteiger partial charge in [0.2, 0.25) is 23.0 Å². The monoisotopic (exact) mass is 673 g/mol. The second-order valence-electron chi connectivity index (χ2n) is 12.6. The van der Waals surface area contributed by atoms with Gasteiger partial charge >= 0.3 is 0 Å². The molecule has 0 spiro atoms. The largest absolute Gasteiger partial charge is 0.504 e. The molecule has 9 N–H and O–H groups in total. The van der Waals surface area contributed by atoms with Crippen molar-refractivity contribution in [3.63, 3.8) is 0 Å². The van der Waals surface area contributed by atoms with Crippen LogP contribution in [0.2, 0.25) is 0 Å². The van der Waals surface area contributed by atoms with E-state index >= 15 is 0 Å². The van der Waals surface area contributed by atoms with Crippen LogP contribution in [-0.2, 0) is 0 Å². The van der Waals surface area contributed by atoms with Crippen molar-refractivity contribution in [3.8, 4) is 79.4 Å². The van der Waals surface area contributed by atoms with Gasteiger partial charge in [0.25, 0.3) is 0 Å². The molecule has 9 nitrogen and oxygen atoms in total. The third kappa shape index (κ3) is 4.09. The molecule has 1 aromatic heterocycles. The fourth-order valence-electron chi connectivity index (χ4n) is 7.50. The molecule has 0 radical (unpaired) electrons. The Labute approximate surface area is 288 Å². The zero-order chi connectivity index (χ0) is 35.3. The first-order valence-corrected chi connectivity index (χ1v) is 16.0. The fraction of sp³-hybridized carbons (Fsp3) is 0. The van der Waals surface area contributed by atoms with Crippen molar-refractivity contribution in [2.24, 2.45) is 0 Å². The summed E-state index contributed by atoms with van der Waals surface area (Å²) in [4.78, 5) is 3.45. The van der Waals surface area contributed by atoms with Gasteiger partial charge in [-0.2, -0.15) is 0 Å². The van der Waals surface area contributed by atoms with E-state index in [4.69, 9.17) is 0 Å². The third-order valence-corrected chi connectivity index (χ3v) is 9.85. The van der Waals surface area contributed by atoms with Crippen LogP contribution >= 0.6 is 0 Å². The molecule has 0 unspecified atom stereocenters. The maximum Gasteiger partial charge on any atom is 0.204 e. The van der Waals surface area contributed by atoms with Gasteiger partial charge < -0.3 is 45.8 Å². The van der Waals surface area contributed by atoms with Crippen molar-refractivity contribution in [1.82, 2.24) is 4.98 Å². The van der Waals surface area contributed by atoms with E-state index < -0.39 is 46.0 Å². The summed E-state index contributed by atoms with van der Waals surface area (Å²) in [5.74, 6) is -7.33. The summed E-state index contributed by atoms with van der Waals surface area (Å²) in [6, 6.07) is 33.6.